The first-order valence-corrected chi connectivity index (χ1v) is 17.2. The molecule has 7 atom stereocenters. The number of aliphatic imine (C=N–C) groups is 1. The fourth-order valence-corrected chi connectivity index (χ4v) is 6.02. The summed E-state index contributed by atoms with van der Waals surface area (Å²) in [6.45, 7) is 1.59. The van der Waals surface area contributed by atoms with Crippen LogP contribution in [-0.2, 0) is 33.6 Å². The fraction of sp³-hybridized carbons (Fsp3) is 0.742. The number of nitrogens with one attached hydrogen (secondary N) is 4. The molecule has 2 aliphatic rings. The fourth-order valence-electron chi connectivity index (χ4n) is 6.02. The van der Waals surface area contributed by atoms with Gasteiger partial charge in [-0.2, -0.15) is 0 Å². The summed E-state index contributed by atoms with van der Waals surface area (Å²) in [5, 5.41) is 47.5. The zero-order chi connectivity index (χ0) is 39.1. The van der Waals surface area contributed by atoms with Crippen LogP contribution >= 0.6 is 0 Å². The highest BCUT2D eigenvalue weighted by molar-refractivity contribution is 5.97. The van der Waals surface area contributed by atoms with Crippen molar-refractivity contribution in [2.24, 2.45) is 28.1 Å². The Balaban J connectivity index is 2.21. The second-order valence-corrected chi connectivity index (χ2v) is 13.2. The first-order valence-electron chi connectivity index (χ1n) is 17.2. The van der Waals surface area contributed by atoms with Gasteiger partial charge in [0.05, 0.1) is 19.8 Å². The van der Waals surface area contributed by atoms with Crippen LogP contribution in [0.1, 0.15) is 58.8 Å². The second kappa shape index (κ2) is 21.1. The van der Waals surface area contributed by atoms with Crippen LogP contribution in [0.25, 0.3) is 0 Å². The first kappa shape index (κ1) is 43.6. The van der Waals surface area contributed by atoms with E-state index in [1.807, 2.05) is 0 Å². The van der Waals surface area contributed by atoms with E-state index in [9.17, 15) is 54.0 Å². The molecule has 52 heavy (non-hydrogen) atoms. The van der Waals surface area contributed by atoms with Gasteiger partial charge in [-0.05, 0) is 50.9 Å². The minimum Gasteiger partial charge on any atom is -0.480 e. The summed E-state index contributed by atoms with van der Waals surface area (Å²) in [5.74, 6) is -6.30. The van der Waals surface area contributed by atoms with Crippen LogP contribution < -0.4 is 38.5 Å². The molecule has 2 aliphatic heterocycles. The van der Waals surface area contributed by atoms with E-state index in [0.29, 0.717) is 19.3 Å². The van der Waals surface area contributed by atoms with Crippen LogP contribution in [0, 0.1) is 5.92 Å². The van der Waals surface area contributed by atoms with Crippen molar-refractivity contribution in [3.63, 3.8) is 0 Å². The van der Waals surface area contributed by atoms with Crippen LogP contribution in [0.4, 0.5) is 0 Å². The molecular formula is C31H54N10O11. The van der Waals surface area contributed by atoms with Crippen molar-refractivity contribution in [3.05, 3.63) is 0 Å². The maximum Gasteiger partial charge on any atom is 0.328 e. The number of nitrogens with two attached hydrogens (primary N) is 3. The van der Waals surface area contributed by atoms with Gasteiger partial charge in [-0.15, -0.1) is 0 Å². The highest BCUT2D eigenvalue weighted by Crippen LogP contribution is 2.22. The highest BCUT2D eigenvalue weighted by atomic mass is 16.4. The number of aliphatic hydroxyl groups is 3. The lowest BCUT2D eigenvalue weighted by Gasteiger charge is -2.31. The lowest BCUT2D eigenvalue weighted by atomic mass is 10.0. The molecular weight excluding hydrogens is 688 g/mol. The predicted molar refractivity (Wildman–Crippen MR) is 183 cm³/mol. The number of carboxylic acids is 1. The number of carbonyl (C=O) groups is 7. The lowest BCUT2D eigenvalue weighted by Crippen LogP contribution is -2.60. The Morgan fingerprint density at radius 2 is 1.23 bits per heavy atom. The number of likely N-dealkylation sites (tertiary alicyclic amines) is 2. The number of amides is 6. The van der Waals surface area contributed by atoms with Crippen molar-refractivity contribution >= 4 is 47.4 Å². The van der Waals surface area contributed by atoms with E-state index in [-0.39, 0.29) is 57.2 Å². The molecule has 0 aromatic heterocycles. The van der Waals surface area contributed by atoms with Crippen molar-refractivity contribution in [2.45, 2.75) is 101 Å². The van der Waals surface area contributed by atoms with E-state index in [4.69, 9.17) is 17.2 Å². The topological polar surface area (TPSA) is 345 Å². The summed E-state index contributed by atoms with van der Waals surface area (Å²) >= 11 is 0. The number of aliphatic carboxylic acids is 1. The van der Waals surface area contributed by atoms with Crippen molar-refractivity contribution in [2.75, 3.05) is 39.5 Å². The van der Waals surface area contributed by atoms with E-state index < -0.39 is 104 Å². The molecule has 0 unspecified atom stereocenters. The summed E-state index contributed by atoms with van der Waals surface area (Å²) < 4.78 is 0. The maximum absolute atomic E-state index is 14.0. The average molecular weight is 743 g/mol. The molecule has 0 saturated carbocycles. The van der Waals surface area contributed by atoms with Gasteiger partial charge in [-0.25, -0.2) is 4.79 Å². The summed E-state index contributed by atoms with van der Waals surface area (Å²) in [5.41, 5.74) is 16.5. The Morgan fingerprint density at radius 1 is 0.731 bits per heavy atom. The Morgan fingerprint density at radius 3 is 1.71 bits per heavy atom. The summed E-state index contributed by atoms with van der Waals surface area (Å²) in [4.78, 5) is 97.3. The van der Waals surface area contributed by atoms with Gasteiger partial charge >= 0.3 is 5.97 Å². The van der Waals surface area contributed by atoms with E-state index in [1.54, 1.807) is 13.8 Å². The molecule has 0 spiro atoms. The number of carbonyl (C=O) groups excluding carboxylic acids is 6. The van der Waals surface area contributed by atoms with Gasteiger partial charge in [0.1, 0.15) is 42.3 Å². The van der Waals surface area contributed by atoms with E-state index in [2.05, 4.69) is 26.3 Å². The van der Waals surface area contributed by atoms with Gasteiger partial charge < -0.3 is 68.7 Å². The Labute approximate surface area is 301 Å². The zero-order valence-corrected chi connectivity index (χ0v) is 29.5. The van der Waals surface area contributed by atoms with Crippen LogP contribution in [0.15, 0.2) is 4.99 Å². The van der Waals surface area contributed by atoms with Crippen molar-refractivity contribution in [1.29, 1.82) is 0 Å². The number of nitrogens with zero attached hydrogens (tertiary/aromatic N) is 3. The largest absolute Gasteiger partial charge is 0.480 e. The quantitative estimate of drug-likeness (QED) is 0.0315. The molecule has 14 N–H and O–H groups in total. The Bertz CT molecular complexity index is 1310. The molecule has 0 bridgehead atoms. The number of guanidine groups is 1. The van der Waals surface area contributed by atoms with Gasteiger partial charge in [0.2, 0.25) is 35.4 Å². The third kappa shape index (κ3) is 12.6. The minimum atomic E-state index is -1.62. The predicted octanol–water partition coefficient (Wildman–Crippen LogP) is -5.60. The molecule has 2 heterocycles. The Hall–Kier alpha value is -4.60. The number of aliphatic hydroxyl groups excluding tert-OH is 3. The first-order chi connectivity index (χ1) is 24.6. The van der Waals surface area contributed by atoms with E-state index >= 15 is 0 Å². The number of hydrogen-bond acceptors (Lipinski definition) is 12. The molecule has 0 aromatic rings. The molecule has 2 fully saturated rings. The lowest BCUT2D eigenvalue weighted by molar-refractivity contribution is -0.144. The third-order valence-electron chi connectivity index (χ3n) is 8.70. The normalized spacial score (nSPS) is 19.9. The van der Waals surface area contributed by atoms with Crippen LogP contribution in [0.3, 0.4) is 0 Å². The number of carboxylic acid groups (broad SMARTS) is 1. The molecule has 0 aliphatic carbocycles. The van der Waals surface area contributed by atoms with Crippen LogP contribution in [0.2, 0.25) is 0 Å². The second-order valence-electron chi connectivity index (χ2n) is 13.2. The van der Waals surface area contributed by atoms with Gasteiger partial charge in [0, 0.05) is 19.6 Å². The summed E-state index contributed by atoms with van der Waals surface area (Å²) in [6, 6.07) is -8.89. The Kier molecular flexibility index (Phi) is 17.6. The van der Waals surface area contributed by atoms with Gasteiger partial charge in [-0.1, -0.05) is 13.8 Å². The average Bonchev–Trinajstić information content (AvgIpc) is 3.79. The third-order valence-corrected chi connectivity index (χ3v) is 8.70. The monoisotopic (exact) mass is 742 g/mol. The molecule has 2 rings (SSSR count). The van der Waals surface area contributed by atoms with Gasteiger partial charge in [0.15, 0.2) is 5.96 Å². The molecule has 0 radical (unpaired) electrons. The number of hydrogen-bond donors (Lipinski definition) is 11. The van der Waals surface area contributed by atoms with Crippen LogP contribution in [-0.4, -0.2) is 159 Å². The van der Waals surface area contributed by atoms with Crippen molar-refractivity contribution < 1.29 is 54.0 Å². The molecule has 294 valence electrons. The van der Waals surface area contributed by atoms with Gasteiger partial charge in [0.25, 0.3) is 0 Å². The molecule has 21 heteroatoms. The molecule has 21 nitrogen and oxygen atoms in total. The van der Waals surface area contributed by atoms with Crippen LogP contribution in [0.5, 0.6) is 0 Å². The SMILES string of the molecule is CC(C)C[C@H](NC(=O)[C@H](CO)NC(=O)[C@@H]1CCCN1C(=O)[C@H](CCCN=C(N)N)NC(=O)[C@@H]1CCCN1C(=O)[C@@H](N)CO)C(=O)N[C@@H](CO)C(=O)O. The van der Waals surface area contributed by atoms with E-state index in [0.717, 1.165) is 0 Å². The maximum atomic E-state index is 14.0. The molecule has 2 saturated heterocycles. The zero-order valence-electron chi connectivity index (χ0n) is 29.5. The minimum absolute atomic E-state index is 0.0585. The molecule has 6 amide bonds. The van der Waals surface area contributed by atoms with Crippen molar-refractivity contribution in [3.8, 4) is 0 Å². The molecule has 0 aromatic carbocycles. The standard InChI is InChI=1S/C31H54N10O11/c1-16(2)12-19(24(45)39-21(15-44)30(51)52)37-25(46)20(14-43)38-27(48)23-8-5-11-41(23)29(50)18(6-3-9-35-31(33)34)36-26(47)22-7-4-10-40(22)28(49)17(32)13-42/h16-23,42-44H,3-15,32H2,1-2H3,(H,36,47)(H,37,46)(H,38,48)(H,39,45)(H,51,52)(H4,33,34,35)/t17-,18-,19-,20-,21-,22-,23-/m0/s1. The highest BCUT2D eigenvalue weighted by Gasteiger charge is 2.41. The smallest absolute Gasteiger partial charge is 0.328 e. The van der Waals surface area contributed by atoms with E-state index in [1.165, 1.54) is 9.80 Å². The summed E-state index contributed by atoms with van der Waals surface area (Å²) in [7, 11) is 0. The number of rotatable bonds is 20. The van der Waals surface area contributed by atoms with Crippen molar-refractivity contribution in [1.82, 2.24) is 31.1 Å². The van der Waals surface area contributed by atoms with Gasteiger partial charge in [-0.3, -0.25) is 33.8 Å². The summed E-state index contributed by atoms with van der Waals surface area (Å²) in [6.07, 6.45) is 1.74.